The van der Waals surface area contributed by atoms with E-state index >= 15 is 0 Å². The highest BCUT2D eigenvalue weighted by molar-refractivity contribution is 5.71. The molecule has 0 bridgehead atoms. The molecule has 0 aliphatic carbocycles. The number of benzene rings is 1. The van der Waals surface area contributed by atoms with Crippen molar-refractivity contribution in [1.29, 1.82) is 0 Å². The van der Waals surface area contributed by atoms with Crippen molar-refractivity contribution in [2.24, 2.45) is 0 Å². The van der Waals surface area contributed by atoms with Crippen LogP contribution in [0.4, 0.5) is 5.69 Å². The van der Waals surface area contributed by atoms with Gasteiger partial charge in [-0.15, -0.1) is 0 Å². The molecule has 1 atom stereocenters. The zero-order valence-corrected chi connectivity index (χ0v) is 7.86. The molecule has 0 radical (unpaired) electrons. The third-order valence-electron chi connectivity index (χ3n) is 2.37. The lowest BCUT2D eigenvalue weighted by Crippen LogP contribution is -2.30. The summed E-state index contributed by atoms with van der Waals surface area (Å²) >= 11 is 0. The van der Waals surface area contributed by atoms with Crippen LogP contribution in [0.25, 0.3) is 6.08 Å². The van der Waals surface area contributed by atoms with Gasteiger partial charge in [0.05, 0.1) is 11.7 Å². The largest absolute Gasteiger partial charge is 0.288 e. The zero-order chi connectivity index (χ0) is 9.42. The first-order valence-corrected chi connectivity index (χ1v) is 4.45. The quantitative estimate of drug-likeness (QED) is 0.655. The van der Waals surface area contributed by atoms with Crippen molar-refractivity contribution in [1.82, 2.24) is 0 Å². The van der Waals surface area contributed by atoms with Crippen LogP contribution in [-0.4, -0.2) is 11.2 Å². The molecule has 0 amide bonds. The molecular weight excluding hydrogens is 162 g/mol. The van der Waals surface area contributed by atoms with Crippen LogP contribution in [0, 0.1) is 6.92 Å². The molecule has 0 saturated carbocycles. The topological polar surface area (TPSA) is 23.5 Å². The lowest BCUT2D eigenvalue weighted by atomic mass is 10.0. The van der Waals surface area contributed by atoms with E-state index in [1.165, 1.54) is 10.6 Å². The monoisotopic (exact) mass is 175 g/mol. The number of hydrogen-bond donors (Lipinski definition) is 1. The van der Waals surface area contributed by atoms with Gasteiger partial charge in [0.25, 0.3) is 0 Å². The van der Waals surface area contributed by atoms with Crippen molar-refractivity contribution in [2.45, 2.75) is 19.9 Å². The molecule has 1 N–H and O–H groups in total. The van der Waals surface area contributed by atoms with E-state index in [1.54, 1.807) is 0 Å². The molecule has 13 heavy (non-hydrogen) atoms. The molecular formula is C11H13NO. The Morgan fingerprint density at radius 1 is 1.38 bits per heavy atom. The van der Waals surface area contributed by atoms with Gasteiger partial charge < -0.3 is 0 Å². The maximum Gasteiger partial charge on any atom is 0.0719 e. The number of nitrogens with zero attached hydrogens (tertiary/aromatic N) is 1. The van der Waals surface area contributed by atoms with Crippen molar-refractivity contribution in [3.8, 4) is 0 Å². The average Bonchev–Trinajstić information content (AvgIpc) is 2.12. The second kappa shape index (κ2) is 2.89. The van der Waals surface area contributed by atoms with E-state index in [2.05, 4.69) is 12.1 Å². The third-order valence-corrected chi connectivity index (χ3v) is 2.37. The molecule has 1 aliphatic heterocycles. The average molecular weight is 175 g/mol. The SMILES string of the molecule is Cc1ccc2c(c1)C=CC(C)N2O. The fraction of sp³-hybridized carbons (Fsp3) is 0.273. The first-order chi connectivity index (χ1) is 6.18. The van der Waals surface area contributed by atoms with Crippen LogP contribution in [-0.2, 0) is 0 Å². The van der Waals surface area contributed by atoms with Gasteiger partial charge >= 0.3 is 0 Å². The molecule has 2 rings (SSSR count). The predicted octanol–water partition coefficient (Wildman–Crippen LogP) is 2.61. The van der Waals surface area contributed by atoms with E-state index in [9.17, 15) is 5.21 Å². The van der Waals surface area contributed by atoms with Crippen LogP contribution in [0.5, 0.6) is 0 Å². The van der Waals surface area contributed by atoms with Gasteiger partial charge in [0.2, 0.25) is 0 Å². The highest BCUT2D eigenvalue weighted by Crippen LogP contribution is 2.27. The number of hydroxylamine groups is 1. The van der Waals surface area contributed by atoms with E-state index in [-0.39, 0.29) is 6.04 Å². The molecule has 1 unspecified atom stereocenters. The molecule has 2 nitrogen and oxygen atoms in total. The van der Waals surface area contributed by atoms with E-state index in [1.807, 2.05) is 32.1 Å². The molecule has 1 aromatic carbocycles. The number of anilines is 1. The molecule has 0 saturated heterocycles. The number of hydrogen-bond acceptors (Lipinski definition) is 2. The Hall–Kier alpha value is -1.28. The maximum atomic E-state index is 9.70. The van der Waals surface area contributed by atoms with Gasteiger partial charge in [-0.05, 0) is 26.0 Å². The van der Waals surface area contributed by atoms with Crippen LogP contribution in [0.3, 0.4) is 0 Å². The van der Waals surface area contributed by atoms with Gasteiger partial charge in [-0.3, -0.25) is 5.21 Å². The summed E-state index contributed by atoms with van der Waals surface area (Å²) in [4.78, 5) is 0. The van der Waals surface area contributed by atoms with Crippen molar-refractivity contribution < 1.29 is 5.21 Å². The first kappa shape index (κ1) is 8.32. The predicted molar refractivity (Wildman–Crippen MR) is 53.9 cm³/mol. The second-order valence-corrected chi connectivity index (χ2v) is 3.51. The molecule has 68 valence electrons. The molecule has 1 heterocycles. The summed E-state index contributed by atoms with van der Waals surface area (Å²) in [6.45, 7) is 4.01. The fourth-order valence-electron chi connectivity index (χ4n) is 1.56. The number of aryl methyl sites for hydroxylation is 1. The Morgan fingerprint density at radius 2 is 2.15 bits per heavy atom. The Labute approximate surface area is 78.1 Å². The standard InChI is InChI=1S/C11H13NO/c1-8-3-6-11-10(7-8)5-4-9(2)12(11)13/h3-7,9,13H,1-2H3. The Morgan fingerprint density at radius 3 is 2.92 bits per heavy atom. The molecule has 0 aromatic heterocycles. The zero-order valence-electron chi connectivity index (χ0n) is 7.86. The van der Waals surface area contributed by atoms with Crippen LogP contribution < -0.4 is 5.06 Å². The normalized spacial score (nSPS) is 20.2. The van der Waals surface area contributed by atoms with Gasteiger partial charge in [0.15, 0.2) is 0 Å². The fourth-order valence-corrected chi connectivity index (χ4v) is 1.56. The minimum absolute atomic E-state index is 0.0650. The minimum atomic E-state index is 0.0650. The van der Waals surface area contributed by atoms with Gasteiger partial charge in [-0.25, -0.2) is 5.06 Å². The Balaban J connectivity index is 2.52. The summed E-state index contributed by atoms with van der Waals surface area (Å²) in [5, 5.41) is 11.0. The summed E-state index contributed by atoms with van der Waals surface area (Å²) < 4.78 is 0. The van der Waals surface area contributed by atoms with Crippen LogP contribution >= 0.6 is 0 Å². The van der Waals surface area contributed by atoms with Crippen molar-refractivity contribution in [2.75, 3.05) is 5.06 Å². The summed E-state index contributed by atoms with van der Waals surface area (Å²) in [6, 6.07) is 6.09. The maximum absolute atomic E-state index is 9.70. The van der Waals surface area contributed by atoms with E-state index in [0.29, 0.717) is 0 Å². The van der Waals surface area contributed by atoms with Gasteiger partial charge in [-0.2, -0.15) is 0 Å². The van der Waals surface area contributed by atoms with Crippen LogP contribution in [0.2, 0.25) is 0 Å². The number of fused-ring (bicyclic) bond motifs is 1. The lowest BCUT2D eigenvalue weighted by Gasteiger charge is -2.27. The van der Waals surface area contributed by atoms with Crippen molar-refractivity contribution in [3.63, 3.8) is 0 Å². The Kier molecular flexibility index (Phi) is 1.85. The van der Waals surface area contributed by atoms with E-state index in [0.717, 1.165) is 11.3 Å². The van der Waals surface area contributed by atoms with Crippen molar-refractivity contribution in [3.05, 3.63) is 35.4 Å². The van der Waals surface area contributed by atoms with Crippen LogP contribution in [0.1, 0.15) is 18.1 Å². The van der Waals surface area contributed by atoms with Gasteiger partial charge in [0, 0.05) is 5.56 Å². The van der Waals surface area contributed by atoms with E-state index < -0.39 is 0 Å². The third kappa shape index (κ3) is 1.33. The minimum Gasteiger partial charge on any atom is -0.288 e. The molecule has 0 spiro atoms. The number of rotatable bonds is 0. The summed E-state index contributed by atoms with van der Waals surface area (Å²) in [6.07, 6.45) is 4.04. The van der Waals surface area contributed by atoms with Gasteiger partial charge in [-0.1, -0.05) is 23.8 Å². The van der Waals surface area contributed by atoms with Crippen molar-refractivity contribution >= 4 is 11.8 Å². The summed E-state index contributed by atoms with van der Waals surface area (Å²) in [5.41, 5.74) is 3.19. The Bertz CT molecular complexity index is 357. The second-order valence-electron chi connectivity index (χ2n) is 3.51. The van der Waals surface area contributed by atoms with E-state index in [4.69, 9.17) is 0 Å². The molecule has 0 fully saturated rings. The lowest BCUT2D eigenvalue weighted by molar-refractivity contribution is 0.237. The molecule has 2 heteroatoms. The summed E-state index contributed by atoms with van der Waals surface area (Å²) in [5.74, 6) is 0. The molecule has 1 aromatic rings. The summed E-state index contributed by atoms with van der Waals surface area (Å²) in [7, 11) is 0. The highest BCUT2D eigenvalue weighted by Gasteiger charge is 2.16. The first-order valence-electron chi connectivity index (χ1n) is 4.45. The van der Waals surface area contributed by atoms with Crippen LogP contribution in [0.15, 0.2) is 24.3 Å². The van der Waals surface area contributed by atoms with Gasteiger partial charge in [0.1, 0.15) is 0 Å². The molecule has 1 aliphatic rings. The highest BCUT2D eigenvalue weighted by atomic mass is 16.5. The smallest absolute Gasteiger partial charge is 0.0719 e.